The van der Waals surface area contributed by atoms with Crippen LogP contribution in [0.25, 0.3) is 0 Å². The van der Waals surface area contributed by atoms with Gasteiger partial charge in [0.2, 0.25) is 0 Å². The molecule has 0 N–H and O–H groups in total. The summed E-state index contributed by atoms with van der Waals surface area (Å²) >= 11 is 0. The fourth-order valence-corrected chi connectivity index (χ4v) is 5.06. The Morgan fingerprint density at radius 2 is 1.56 bits per heavy atom. The highest BCUT2D eigenvalue weighted by Crippen LogP contribution is 2.40. The van der Waals surface area contributed by atoms with Crippen LogP contribution >= 0.6 is 0 Å². The van der Waals surface area contributed by atoms with Crippen LogP contribution < -0.4 is 9.47 Å². The van der Waals surface area contributed by atoms with Crippen molar-refractivity contribution >= 4 is 12.1 Å². The molecule has 1 fully saturated rings. The fourth-order valence-electron chi connectivity index (χ4n) is 5.06. The third-order valence-corrected chi connectivity index (χ3v) is 7.37. The molecule has 0 aliphatic carbocycles. The van der Waals surface area contributed by atoms with E-state index in [4.69, 9.17) is 18.9 Å². The van der Waals surface area contributed by atoms with Gasteiger partial charge in [-0.05, 0) is 60.9 Å². The monoisotopic (exact) mass is 619 g/mol. The van der Waals surface area contributed by atoms with Crippen molar-refractivity contribution in [1.29, 1.82) is 0 Å². The molecule has 10 heteroatoms. The number of hydrogen-bond acceptors (Lipinski definition) is 6. The maximum atomic E-state index is 13.8. The van der Waals surface area contributed by atoms with Gasteiger partial charge >= 0.3 is 18.2 Å². The molecule has 1 heterocycles. The van der Waals surface area contributed by atoms with Gasteiger partial charge in [0.1, 0.15) is 18.5 Å². The second-order valence-electron chi connectivity index (χ2n) is 10.5. The molecule has 0 saturated carbocycles. The van der Waals surface area contributed by atoms with Crippen LogP contribution in [-0.4, -0.2) is 29.6 Å². The van der Waals surface area contributed by atoms with E-state index in [1.54, 1.807) is 32.0 Å². The van der Waals surface area contributed by atoms with E-state index in [1.165, 1.54) is 11.0 Å². The first-order valence-electron chi connectivity index (χ1n) is 14.5. The fraction of sp³-hybridized carbons (Fsp3) is 0.257. The maximum absolute atomic E-state index is 13.8. The van der Waals surface area contributed by atoms with E-state index in [0.29, 0.717) is 11.3 Å². The van der Waals surface area contributed by atoms with Gasteiger partial charge in [-0.25, -0.2) is 4.79 Å². The molecular weight excluding hydrogens is 587 g/mol. The number of benzene rings is 4. The molecule has 4 aromatic carbocycles. The Morgan fingerprint density at radius 1 is 0.867 bits per heavy atom. The molecule has 5 rings (SSSR count). The standard InChI is InChI=1S/C35H32F3NO6/c1-3-42-32(40)19-25-14-16-30(43-22-24-10-6-4-7-11-24)31(18-25)44-29-17-15-28(35(36,37)38)20-27(29)21-39-23(2)33(45-34(39)41)26-12-8-5-9-13-26/h4-18,20,23,33H,3,19,21-22H2,1-2H3. The Kier molecular flexibility index (Phi) is 9.61. The second kappa shape index (κ2) is 13.8. The van der Waals surface area contributed by atoms with E-state index in [2.05, 4.69) is 0 Å². The number of carbonyl (C=O) groups is 2. The number of esters is 1. The molecule has 7 nitrogen and oxygen atoms in total. The number of hydrogen-bond donors (Lipinski definition) is 0. The smallest absolute Gasteiger partial charge is 0.416 e. The molecule has 0 spiro atoms. The number of carbonyl (C=O) groups excluding carboxylic acids is 2. The average Bonchev–Trinajstić information content (AvgIpc) is 3.30. The van der Waals surface area contributed by atoms with Gasteiger partial charge in [0.05, 0.1) is 31.2 Å². The van der Waals surface area contributed by atoms with Crippen LogP contribution in [0.3, 0.4) is 0 Å². The van der Waals surface area contributed by atoms with Gasteiger partial charge in [0.25, 0.3) is 0 Å². The zero-order chi connectivity index (χ0) is 32.0. The summed E-state index contributed by atoms with van der Waals surface area (Å²) < 4.78 is 64.5. The van der Waals surface area contributed by atoms with Crippen molar-refractivity contribution in [2.24, 2.45) is 0 Å². The van der Waals surface area contributed by atoms with Crippen LogP contribution in [0.15, 0.2) is 97.1 Å². The van der Waals surface area contributed by atoms with Gasteiger partial charge in [-0.1, -0.05) is 66.7 Å². The molecule has 1 aliphatic heterocycles. The molecule has 2 atom stereocenters. The highest BCUT2D eigenvalue weighted by atomic mass is 19.4. The zero-order valence-corrected chi connectivity index (χ0v) is 24.8. The van der Waals surface area contributed by atoms with Crippen molar-refractivity contribution < 1.29 is 41.7 Å². The molecule has 2 unspecified atom stereocenters. The van der Waals surface area contributed by atoms with Crippen LogP contribution in [0.5, 0.6) is 17.2 Å². The Hall–Kier alpha value is -4.99. The minimum atomic E-state index is -4.62. The summed E-state index contributed by atoms with van der Waals surface area (Å²) in [5.41, 5.74) is 1.46. The topological polar surface area (TPSA) is 74.3 Å². The lowest BCUT2D eigenvalue weighted by molar-refractivity contribution is -0.142. The molecule has 4 aromatic rings. The maximum Gasteiger partial charge on any atom is 0.416 e. The zero-order valence-electron chi connectivity index (χ0n) is 24.8. The quantitative estimate of drug-likeness (QED) is 0.157. The van der Waals surface area contributed by atoms with Crippen molar-refractivity contribution in [1.82, 2.24) is 4.90 Å². The summed E-state index contributed by atoms with van der Waals surface area (Å²) in [6, 6.07) is 26.1. The van der Waals surface area contributed by atoms with Crippen LogP contribution in [0.4, 0.5) is 18.0 Å². The Morgan fingerprint density at radius 3 is 2.24 bits per heavy atom. The SMILES string of the molecule is CCOC(=O)Cc1ccc(OCc2ccccc2)c(Oc2ccc(C(F)(F)F)cc2CN2C(=O)OC(c3ccccc3)C2C)c1. The van der Waals surface area contributed by atoms with Crippen LogP contribution in [0, 0.1) is 0 Å². The van der Waals surface area contributed by atoms with E-state index in [-0.39, 0.29) is 43.2 Å². The van der Waals surface area contributed by atoms with Gasteiger partial charge < -0.3 is 18.9 Å². The molecule has 0 radical (unpaired) electrons. The van der Waals surface area contributed by atoms with Gasteiger partial charge in [-0.3, -0.25) is 9.69 Å². The Balaban J connectivity index is 1.48. The molecule has 0 aromatic heterocycles. The number of halogens is 3. The van der Waals surface area contributed by atoms with Gasteiger partial charge in [-0.15, -0.1) is 0 Å². The first-order valence-corrected chi connectivity index (χ1v) is 14.5. The van der Waals surface area contributed by atoms with Gasteiger partial charge in [0, 0.05) is 5.56 Å². The lowest BCUT2D eigenvalue weighted by Crippen LogP contribution is -2.31. The van der Waals surface area contributed by atoms with Crippen molar-refractivity contribution in [2.75, 3.05) is 6.61 Å². The van der Waals surface area contributed by atoms with Crippen molar-refractivity contribution in [3.63, 3.8) is 0 Å². The lowest BCUT2D eigenvalue weighted by atomic mass is 10.0. The van der Waals surface area contributed by atoms with Crippen molar-refractivity contribution in [2.45, 2.75) is 51.7 Å². The highest BCUT2D eigenvalue weighted by Gasteiger charge is 2.40. The molecule has 1 aliphatic rings. The first-order chi connectivity index (χ1) is 21.6. The Labute approximate surface area is 259 Å². The molecule has 0 bridgehead atoms. The predicted octanol–water partition coefficient (Wildman–Crippen LogP) is 8.26. The van der Waals surface area contributed by atoms with Crippen LogP contribution in [0.2, 0.25) is 0 Å². The number of nitrogens with zero attached hydrogens (tertiary/aromatic N) is 1. The first kappa shape index (κ1) is 31.4. The van der Waals surface area contributed by atoms with Crippen LogP contribution in [0.1, 0.15) is 47.8 Å². The largest absolute Gasteiger partial charge is 0.485 e. The van der Waals surface area contributed by atoms with E-state index >= 15 is 0 Å². The lowest BCUT2D eigenvalue weighted by Gasteiger charge is -2.23. The number of cyclic esters (lactones) is 1. The summed E-state index contributed by atoms with van der Waals surface area (Å²) in [6.07, 6.45) is -5.91. The summed E-state index contributed by atoms with van der Waals surface area (Å²) in [6.45, 7) is 3.71. The molecule has 1 amide bonds. The molecule has 1 saturated heterocycles. The number of ether oxygens (including phenoxy) is 4. The van der Waals surface area contributed by atoms with Gasteiger partial charge in [0.15, 0.2) is 11.5 Å². The van der Waals surface area contributed by atoms with E-state index < -0.39 is 35.9 Å². The van der Waals surface area contributed by atoms with E-state index in [1.807, 2.05) is 60.7 Å². The van der Waals surface area contributed by atoms with E-state index in [9.17, 15) is 22.8 Å². The molecule has 234 valence electrons. The summed E-state index contributed by atoms with van der Waals surface area (Å²) in [4.78, 5) is 26.6. The minimum Gasteiger partial charge on any atom is -0.485 e. The second-order valence-corrected chi connectivity index (χ2v) is 10.5. The van der Waals surface area contributed by atoms with Crippen LogP contribution in [-0.2, 0) is 40.0 Å². The normalized spacial score (nSPS) is 16.3. The number of alkyl halides is 3. The molecule has 45 heavy (non-hydrogen) atoms. The number of rotatable bonds is 11. The minimum absolute atomic E-state index is 0.0406. The highest BCUT2D eigenvalue weighted by molar-refractivity contribution is 5.73. The summed E-state index contributed by atoms with van der Waals surface area (Å²) in [5, 5.41) is 0. The predicted molar refractivity (Wildman–Crippen MR) is 160 cm³/mol. The summed E-state index contributed by atoms with van der Waals surface area (Å²) in [5.74, 6) is 0.151. The third kappa shape index (κ3) is 7.75. The van der Waals surface area contributed by atoms with Gasteiger partial charge in [-0.2, -0.15) is 13.2 Å². The molecular formula is C35H32F3NO6. The van der Waals surface area contributed by atoms with E-state index in [0.717, 1.165) is 23.3 Å². The average molecular weight is 620 g/mol. The number of amides is 1. The summed E-state index contributed by atoms with van der Waals surface area (Å²) in [7, 11) is 0. The third-order valence-electron chi connectivity index (χ3n) is 7.37. The Bertz CT molecular complexity index is 1630. The van der Waals surface area contributed by atoms with Crippen molar-refractivity contribution in [3.8, 4) is 17.2 Å². The van der Waals surface area contributed by atoms with Crippen molar-refractivity contribution in [3.05, 3.63) is 125 Å².